The Hall–Kier alpha value is -1.85. The summed E-state index contributed by atoms with van der Waals surface area (Å²) >= 11 is 0. The van der Waals surface area contributed by atoms with E-state index in [9.17, 15) is 30.3 Å². The van der Waals surface area contributed by atoms with Crippen LogP contribution in [0.15, 0.2) is 48.6 Å². The highest BCUT2D eigenvalue weighted by Crippen LogP contribution is 2.23. The predicted molar refractivity (Wildman–Crippen MR) is 299 cm³/mol. The Morgan fingerprint density at radius 1 is 0.479 bits per heavy atom. The maximum Gasteiger partial charge on any atom is 0.220 e. The van der Waals surface area contributed by atoms with Crippen LogP contribution in [0.1, 0.15) is 284 Å². The molecule has 6 N–H and O–H groups in total. The lowest BCUT2D eigenvalue weighted by molar-refractivity contribution is -0.302. The number of rotatable bonds is 52. The molecule has 1 amide bonds. The predicted octanol–water partition coefficient (Wildman–Crippen LogP) is 15.3. The second-order valence-corrected chi connectivity index (χ2v) is 21.1. The van der Waals surface area contributed by atoms with Gasteiger partial charge in [-0.1, -0.05) is 262 Å². The molecule has 0 radical (unpaired) electrons. The number of hydrogen-bond acceptors (Lipinski definition) is 8. The molecule has 9 heteroatoms. The number of carbonyl (C=O) groups excluding carboxylic acids is 1. The first-order chi connectivity index (χ1) is 34.8. The Morgan fingerprint density at radius 2 is 0.845 bits per heavy atom. The topological polar surface area (TPSA) is 149 Å². The first-order valence-electron chi connectivity index (χ1n) is 30.4. The molecule has 416 valence electrons. The fourth-order valence-electron chi connectivity index (χ4n) is 9.56. The van der Waals surface area contributed by atoms with Crippen molar-refractivity contribution in [3.05, 3.63) is 48.6 Å². The lowest BCUT2D eigenvalue weighted by Crippen LogP contribution is -2.60. The summed E-state index contributed by atoms with van der Waals surface area (Å²) < 4.78 is 11.3. The highest BCUT2D eigenvalue weighted by Gasteiger charge is 2.44. The van der Waals surface area contributed by atoms with E-state index in [4.69, 9.17) is 9.47 Å². The molecule has 0 bridgehead atoms. The third-order valence-corrected chi connectivity index (χ3v) is 14.4. The summed E-state index contributed by atoms with van der Waals surface area (Å²) in [7, 11) is 0. The van der Waals surface area contributed by atoms with E-state index in [1.165, 1.54) is 218 Å². The Bertz CT molecular complexity index is 1250. The molecule has 0 spiro atoms. The minimum absolute atomic E-state index is 0.184. The van der Waals surface area contributed by atoms with Crippen molar-refractivity contribution in [3.8, 4) is 0 Å². The van der Waals surface area contributed by atoms with Crippen molar-refractivity contribution in [1.29, 1.82) is 0 Å². The van der Waals surface area contributed by atoms with Gasteiger partial charge in [0.1, 0.15) is 24.4 Å². The SMILES string of the molecule is CCCCCCC/C=C\C/C=C\CCCCCCCCCCCCCCCCCC(=O)NC(COC1OC(CO)C(O)C(O)C1O)C(O)/C=C/CC/C=C/CCCCCCCCCCCCCCCCC. The van der Waals surface area contributed by atoms with E-state index in [2.05, 4.69) is 55.6 Å². The second kappa shape index (κ2) is 51.6. The Labute approximate surface area is 437 Å². The standard InChI is InChI=1S/C62H115NO8/c1-3-5-7-9-11-13-15-17-19-21-23-25-26-27-28-29-30-32-34-36-38-40-42-44-46-48-50-52-58(66)63-55(54-70-62-61(69)60(68)59(67)57(53-64)71-62)56(65)51-49-47-45-43-41-39-37-35-33-31-24-22-20-18-16-14-12-10-8-6-4-2/h15,17,21,23,41,43,49,51,55-57,59-62,64-65,67-69H,3-14,16,18-20,22,24-40,42,44-48,50,52-54H2,1-2H3,(H,63,66)/b17-15-,23-21-,43-41+,51-49+. The Balaban J connectivity index is 2.21. The van der Waals surface area contributed by atoms with Crippen LogP contribution >= 0.6 is 0 Å². The number of allylic oxidation sites excluding steroid dienone is 7. The fraction of sp³-hybridized carbons (Fsp3) is 0.855. The van der Waals surface area contributed by atoms with E-state index in [0.29, 0.717) is 6.42 Å². The number of hydrogen-bond donors (Lipinski definition) is 6. The molecule has 0 aromatic heterocycles. The highest BCUT2D eigenvalue weighted by molar-refractivity contribution is 5.76. The van der Waals surface area contributed by atoms with Crippen LogP contribution in [0.3, 0.4) is 0 Å². The number of nitrogens with one attached hydrogen (secondary N) is 1. The van der Waals surface area contributed by atoms with Crippen molar-refractivity contribution in [1.82, 2.24) is 5.32 Å². The van der Waals surface area contributed by atoms with Crippen molar-refractivity contribution in [2.45, 2.75) is 326 Å². The average Bonchev–Trinajstić information content (AvgIpc) is 3.37. The van der Waals surface area contributed by atoms with Crippen molar-refractivity contribution >= 4 is 5.91 Å². The number of amides is 1. The Morgan fingerprint density at radius 3 is 1.27 bits per heavy atom. The molecule has 1 fully saturated rings. The molecule has 0 aromatic carbocycles. The quantitative estimate of drug-likeness (QED) is 0.0261. The van der Waals surface area contributed by atoms with Crippen LogP contribution in [-0.2, 0) is 14.3 Å². The molecule has 0 saturated carbocycles. The molecule has 9 nitrogen and oxygen atoms in total. The number of unbranched alkanes of at least 4 members (excludes halogenated alkanes) is 36. The molecule has 1 heterocycles. The van der Waals surface area contributed by atoms with E-state index in [1.807, 2.05) is 6.08 Å². The van der Waals surface area contributed by atoms with Crippen molar-refractivity contribution in [2.75, 3.05) is 13.2 Å². The largest absolute Gasteiger partial charge is 0.394 e. The van der Waals surface area contributed by atoms with Gasteiger partial charge in [0.25, 0.3) is 0 Å². The number of carbonyl (C=O) groups is 1. The normalized spacial score (nSPS) is 19.6. The van der Waals surface area contributed by atoms with Crippen LogP contribution < -0.4 is 5.32 Å². The monoisotopic (exact) mass is 1000 g/mol. The summed E-state index contributed by atoms with van der Waals surface area (Å²) in [5.74, 6) is -0.184. The molecular weight excluding hydrogens is 887 g/mol. The van der Waals surface area contributed by atoms with Crippen LogP contribution in [0.4, 0.5) is 0 Å². The van der Waals surface area contributed by atoms with Gasteiger partial charge in [0.15, 0.2) is 6.29 Å². The van der Waals surface area contributed by atoms with Gasteiger partial charge in [-0.3, -0.25) is 4.79 Å². The van der Waals surface area contributed by atoms with Gasteiger partial charge in [-0.15, -0.1) is 0 Å². The van der Waals surface area contributed by atoms with Crippen LogP contribution in [-0.4, -0.2) is 87.5 Å². The van der Waals surface area contributed by atoms with Crippen LogP contribution in [0, 0.1) is 0 Å². The minimum Gasteiger partial charge on any atom is -0.394 e. The second-order valence-electron chi connectivity index (χ2n) is 21.1. The molecule has 0 aliphatic carbocycles. The maximum absolute atomic E-state index is 13.1. The average molecular weight is 1000 g/mol. The first-order valence-corrected chi connectivity index (χ1v) is 30.4. The molecule has 71 heavy (non-hydrogen) atoms. The zero-order chi connectivity index (χ0) is 51.5. The van der Waals surface area contributed by atoms with Crippen molar-refractivity contribution in [2.24, 2.45) is 0 Å². The van der Waals surface area contributed by atoms with Gasteiger partial charge in [0, 0.05) is 6.42 Å². The zero-order valence-corrected chi connectivity index (χ0v) is 46.2. The molecule has 0 aromatic rings. The number of aliphatic hydroxyl groups excluding tert-OH is 5. The van der Waals surface area contributed by atoms with Crippen molar-refractivity contribution < 1.29 is 39.8 Å². The first kappa shape index (κ1) is 67.2. The molecule has 1 aliphatic rings. The summed E-state index contributed by atoms with van der Waals surface area (Å²) in [6.45, 7) is 3.78. The van der Waals surface area contributed by atoms with Crippen molar-refractivity contribution in [3.63, 3.8) is 0 Å². The highest BCUT2D eigenvalue weighted by atomic mass is 16.7. The molecule has 1 rings (SSSR count). The summed E-state index contributed by atoms with van der Waals surface area (Å²) in [5, 5.41) is 54.5. The molecule has 1 aliphatic heterocycles. The van der Waals surface area contributed by atoms with E-state index < -0.39 is 49.5 Å². The fourth-order valence-corrected chi connectivity index (χ4v) is 9.56. The zero-order valence-electron chi connectivity index (χ0n) is 46.2. The van der Waals surface area contributed by atoms with Gasteiger partial charge in [-0.2, -0.15) is 0 Å². The lowest BCUT2D eigenvalue weighted by atomic mass is 9.99. The number of aliphatic hydroxyl groups is 5. The molecule has 1 saturated heterocycles. The van der Waals surface area contributed by atoms with Gasteiger partial charge >= 0.3 is 0 Å². The Kier molecular flexibility index (Phi) is 48.8. The third kappa shape index (κ3) is 41.1. The smallest absolute Gasteiger partial charge is 0.220 e. The van der Waals surface area contributed by atoms with E-state index in [0.717, 1.165) is 44.9 Å². The molecule has 7 unspecified atom stereocenters. The molecule has 7 atom stereocenters. The minimum atomic E-state index is -1.57. The summed E-state index contributed by atoms with van der Waals surface area (Å²) in [6.07, 6.45) is 61.8. The lowest BCUT2D eigenvalue weighted by Gasteiger charge is -2.40. The van der Waals surface area contributed by atoms with Gasteiger partial charge in [0.2, 0.25) is 5.91 Å². The van der Waals surface area contributed by atoms with Gasteiger partial charge < -0.3 is 40.3 Å². The summed E-state index contributed by atoms with van der Waals surface area (Å²) in [6, 6.07) is -0.823. The summed E-state index contributed by atoms with van der Waals surface area (Å²) in [5.41, 5.74) is 0. The van der Waals surface area contributed by atoms with Crippen LogP contribution in [0.25, 0.3) is 0 Å². The van der Waals surface area contributed by atoms with Gasteiger partial charge in [0.05, 0.1) is 25.4 Å². The van der Waals surface area contributed by atoms with Gasteiger partial charge in [-0.05, 0) is 64.2 Å². The van der Waals surface area contributed by atoms with Gasteiger partial charge in [-0.25, -0.2) is 0 Å². The van der Waals surface area contributed by atoms with Crippen LogP contribution in [0.5, 0.6) is 0 Å². The third-order valence-electron chi connectivity index (χ3n) is 14.4. The van der Waals surface area contributed by atoms with Crippen LogP contribution in [0.2, 0.25) is 0 Å². The van der Waals surface area contributed by atoms with E-state index >= 15 is 0 Å². The maximum atomic E-state index is 13.1. The van der Waals surface area contributed by atoms with E-state index in [-0.39, 0.29) is 12.5 Å². The van der Waals surface area contributed by atoms with E-state index in [1.54, 1.807) is 6.08 Å². The number of ether oxygens (including phenoxy) is 2. The molecular formula is C62H115NO8. The summed E-state index contributed by atoms with van der Waals surface area (Å²) in [4.78, 5) is 13.1.